The lowest BCUT2D eigenvalue weighted by molar-refractivity contribution is -0.151. The topological polar surface area (TPSA) is 57.6 Å². The Labute approximate surface area is 114 Å². The van der Waals surface area contributed by atoms with Gasteiger partial charge in [0, 0.05) is 13.1 Å². The molecular weight excluding hydrogens is 242 g/mol. The second-order valence-corrected chi connectivity index (χ2v) is 5.67. The molecule has 0 bridgehead atoms. The third-order valence-electron chi connectivity index (χ3n) is 4.57. The molecule has 1 saturated heterocycles. The summed E-state index contributed by atoms with van der Waals surface area (Å²) in [6, 6.07) is 0. The molecule has 0 aromatic heterocycles. The molecule has 19 heavy (non-hydrogen) atoms. The van der Waals surface area contributed by atoms with Crippen LogP contribution in [0.25, 0.3) is 0 Å². The Hall–Kier alpha value is -1.32. The van der Waals surface area contributed by atoms with Crippen molar-refractivity contribution < 1.29 is 14.7 Å². The van der Waals surface area contributed by atoms with Crippen LogP contribution in [-0.4, -0.2) is 35.0 Å². The molecule has 1 fully saturated rings. The van der Waals surface area contributed by atoms with Crippen LogP contribution in [-0.2, 0) is 9.59 Å². The largest absolute Gasteiger partial charge is 0.481 e. The zero-order valence-corrected chi connectivity index (χ0v) is 11.5. The number of carbonyl (C=O) groups is 2. The van der Waals surface area contributed by atoms with Crippen molar-refractivity contribution in [3.05, 3.63) is 12.2 Å². The fraction of sp³-hybridized carbons (Fsp3) is 0.733. The molecule has 0 aromatic rings. The summed E-state index contributed by atoms with van der Waals surface area (Å²) in [4.78, 5) is 25.6. The van der Waals surface area contributed by atoms with Crippen LogP contribution < -0.4 is 0 Å². The van der Waals surface area contributed by atoms with Gasteiger partial charge in [-0.05, 0) is 31.6 Å². The summed E-state index contributed by atoms with van der Waals surface area (Å²) in [5, 5.41) is 9.23. The van der Waals surface area contributed by atoms with Crippen LogP contribution >= 0.6 is 0 Å². The Balaban J connectivity index is 1.98. The van der Waals surface area contributed by atoms with Gasteiger partial charge in [-0.3, -0.25) is 9.59 Å². The van der Waals surface area contributed by atoms with Gasteiger partial charge >= 0.3 is 5.97 Å². The summed E-state index contributed by atoms with van der Waals surface area (Å²) in [6.45, 7) is 3.78. The maximum Gasteiger partial charge on any atom is 0.307 e. The van der Waals surface area contributed by atoms with Gasteiger partial charge in [-0.15, -0.1) is 0 Å². The Morgan fingerprint density at radius 3 is 2.26 bits per heavy atom. The van der Waals surface area contributed by atoms with Gasteiger partial charge in [-0.25, -0.2) is 0 Å². The Morgan fingerprint density at radius 2 is 1.74 bits per heavy atom. The van der Waals surface area contributed by atoms with Crippen LogP contribution in [0.5, 0.6) is 0 Å². The van der Waals surface area contributed by atoms with Gasteiger partial charge in [0.05, 0.1) is 11.8 Å². The van der Waals surface area contributed by atoms with E-state index in [1.807, 2.05) is 17.1 Å². The fourth-order valence-corrected chi connectivity index (χ4v) is 3.16. The van der Waals surface area contributed by atoms with Gasteiger partial charge in [-0.1, -0.05) is 25.5 Å². The highest BCUT2D eigenvalue weighted by Crippen LogP contribution is 2.29. The maximum absolute atomic E-state index is 12.5. The van der Waals surface area contributed by atoms with Gasteiger partial charge in [0.1, 0.15) is 0 Å². The lowest BCUT2D eigenvalue weighted by Gasteiger charge is -2.35. The van der Waals surface area contributed by atoms with Crippen LogP contribution in [0.1, 0.15) is 39.0 Å². The van der Waals surface area contributed by atoms with Crippen LogP contribution in [0.2, 0.25) is 0 Å². The third-order valence-corrected chi connectivity index (χ3v) is 4.57. The summed E-state index contributed by atoms with van der Waals surface area (Å²) in [5.41, 5.74) is 0. The lowest BCUT2D eigenvalue weighted by atomic mass is 9.81. The van der Waals surface area contributed by atoms with Crippen molar-refractivity contribution >= 4 is 11.9 Å². The number of rotatable bonds is 3. The summed E-state index contributed by atoms with van der Waals surface area (Å²) < 4.78 is 0. The Kier molecular flexibility index (Phi) is 4.61. The van der Waals surface area contributed by atoms with Crippen molar-refractivity contribution in [3.8, 4) is 0 Å². The smallest absolute Gasteiger partial charge is 0.307 e. The first kappa shape index (κ1) is 14.1. The van der Waals surface area contributed by atoms with E-state index in [1.54, 1.807) is 0 Å². The molecule has 106 valence electrons. The number of carboxylic acids is 1. The Morgan fingerprint density at radius 1 is 1.16 bits per heavy atom. The molecule has 2 atom stereocenters. The van der Waals surface area contributed by atoms with Crippen molar-refractivity contribution in [2.75, 3.05) is 13.1 Å². The summed E-state index contributed by atoms with van der Waals surface area (Å²) in [7, 11) is 0. The number of hydrogen-bond donors (Lipinski definition) is 1. The highest BCUT2D eigenvalue weighted by molar-refractivity contribution is 5.85. The van der Waals surface area contributed by atoms with Crippen molar-refractivity contribution in [1.82, 2.24) is 4.90 Å². The third kappa shape index (κ3) is 3.17. The minimum absolute atomic E-state index is 0.0475. The molecule has 0 spiro atoms. The summed E-state index contributed by atoms with van der Waals surface area (Å²) >= 11 is 0. The molecule has 1 aliphatic heterocycles. The van der Waals surface area contributed by atoms with E-state index < -0.39 is 11.9 Å². The molecule has 2 rings (SSSR count). The van der Waals surface area contributed by atoms with E-state index in [4.69, 9.17) is 0 Å². The molecule has 1 aliphatic carbocycles. The van der Waals surface area contributed by atoms with Crippen LogP contribution in [0.4, 0.5) is 0 Å². The van der Waals surface area contributed by atoms with E-state index in [9.17, 15) is 14.7 Å². The molecule has 0 saturated carbocycles. The first-order valence-electron chi connectivity index (χ1n) is 7.30. The molecule has 4 heteroatoms. The van der Waals surface area contributed by atoms with Gasteiger partial charge in [0.2, 0.25) is 5.91 Å². The lowest BCUT2D eigenvalue weighted by Crippen LogP contribution is -2.45. The highest BCUT2D eigenvalue weighted by atomic mass is 16.4. The molecule has 2 aliphatic rings. The Bertz CT molecular complexity index is 370. The van der Waals surface area contributed by atoms with Crippen molar-refractivity contribution in [3.63, 3.8) is 0 Å². The van der Waals surface area contributed by atoms with E-state index in [0.29, 0.717) is 12.8 Å². The van der Waals surface area contributed by atoms with E-state index in [1.165, 1.54) is 6.42 Å². The van der Waals surface area contributed by atoms with Crippen molar-refractivity contribution in [2.45, 2.75) is 39.0 Å². The van der Waals surface area contributed by atoms with Crippen LogP contribution in [0.3, 0.4) is 0 Å². The number of amides is 1. The second kappa shape index (κ2) is 6.22. The number of hydrogen-bond acceptors (Lipinski definition) is 2. The number of carboxylic acid groups (broad SMARTS) is 1. The molecular formula is C15H23NO3. The predicted octanol–water partition coefficient (Wildman–Crippen LogP) is 2.30. The first-order valence-corrected chi connectivity index (χ1v) is 7.30. The standard InChI is InChI=1S/C15H23NO3/c1-2-11-7-9-16(10-8-11)14(17)12-5-3-4-6-13(12)15(18)19/h3-4,11-13H,2,5-10H2,1H3,(H,18,19)/t12-,13+/m1/s1. The SMILES string of the molecule is CCC1CCN(C(=O)[C@@H]2CC=CC[C@@H]2C(=O)O)CC1. The zero-order valence-electron chi connectivity index (χ0n) is 11.5. The zero-order chi connectivity index (χ0) is 13.8. The minimum Gasteiger partial charge on any atom is -0.481 e. The quantitative estimate of drug-likeness (QED) is 0.797. The van der Waals surface area contributed by atoms with Gasteiger partial charge in [0.15, 0.2) is 0 Å². The van der Waals surface area contributed by atoms with E-state index >= 15 is 0 Å². The van der Waals surface area contributed by atoms with Crippen LogP contribution in [0.15, 0.2) is 12.2 Å². The molecule has 1 heterocycles. The minimum atomic E-state index is -0.842. The van der Waals surface area contributed by atoms with Gasteiger partial charge in [-0.2, -0.15) is 0 Å². The normalized spacial score (nSPS) is 28.4. The summed E-state index contributed by atoms with van der Waals surface area (Å²) in [5.74, 6) is -0.968. The average molecular weight is 265 g/mol. The number of nitrogens with zero attached hydrogens (tertiary/aromatic N) is 1. The number of aliphatic carboxylic acids is 1. The number of allylic oxidation sites excluding steroid dienone is 2. The first-order chi connectivity index (χ1) is 9.13. The monoisotopic (exact) mass is 265 g/mol. The van der Waals surface area contributed by atoms with Gasteiger partial charge < -0.3 is 10.0 Å². The molecule has 1 N–H and O–H groups in total. The molecule has 4 nitrogen and oxygen atoms in total. The number of likely N-dealkylation sites (tertiary alicyclic amines) is 1. The molecule has 1 amide bonds. The van der Waals surface area contributed by atoms with Crippen molar-refractivity contribution in [2.24, 2.45) is 17.8 Å². The molecule has 0 radical (unpaired) electrons. The second-order valence-electron chi connectivity index (χ2n) is 5.67. The highest BCUT2D eigenvalue weighted by Gasteiger charge is 2.37. The van der Waals surface area contributed by atoms with Gasteiger partial charge in [0.25, 0.3) is 0 Å². The summed E-state index contributed by atoms with van der Waals surface area (Å²) in [6.07, 6.45) is 8.17. The van der Waals surface area contributed by atoms with Crippen molar-refractivity contribution in [1.29, 1.82) is 0 Å². The predicted molar refractivity (Wildman–Crippen MR) is 72.6 cm³/mol. The van der Waals surface area contributed by atoms with E-state index in [-0.39, 0.29) is 11.8 Å². The maximum atomic E-state index is 12.5. The van der Waals surface area contributed by atoms with E-state index in [0.717, 1.165) is 31.8 Å². The number of piperidine rings is 1. The van der Waals surface area contributed by atoms with Crippen LogP contribution in [0, 0.1) is 17.8 Å². The molecule has 0 unspecified atom stereocenters. The average Bonchev–Trinajstić information content (AvgIpc) is 2.46. The van der Waals surface area contributed by atoms with E-state index in [2.05, 4.69) is 6.92 Å². The fourth-order valence-electron chi connectivity index (χ4n) is 3.16. The molecule has 0 aromatic carbocycles. The number of carbonyl (C=O) groups excluding carboxylic acids is 1.